The van der Waals surface area contributed by atoms with Crippen molar-refractivity contribution in [1.29, 1.82) is 0 Å². The van der Waals surface area contributed by atoms with Crippen LogP contribution < -0.4 is 5.73 Å². The SMILES string of the molecule is C=CC(N)=C(C=C)C=Nc1cccnc1. The van der Waals surface area contributed by atoms with Crippen molar-refractivity contribution < 1.29 is 0 Å². The number of aromatic nitrogens is 1. The minimum Gasteiger partial charge on any atom is -0.398 e. The number of aliphatic imine (C=N–C) groups is 1. The Kier molecular flexibility index (Phi) is 4.04. The maximum Gasteiger partial charge on any atom is 0.0813 e. The molecule has 0 amide bonds. The van der Waals surface area contributed by atoms with Gasteiger partial charge in [0.25, 0.3) is 0 Å². The van der Waals surface area contributed by atoms with Crippen LogP contribution in [0.1, 0.15) is 0 Å². The highest BCUT2D eigenvalue weighted by Gasteiger charge is 1.92. The van der Waals surface area contributed by atoms with Crippen molar-refractivity contribution in [2.24, 2.45) is 10.7 Å². The van der Waals surface area contributed by atoms with Gasteiger partial charge in [0.15, 0.2) is 0 Å². The zero-order chi connectivity index (χ0) is 11.1. The van der Waals surface area contributed by atoms with Crippen LogP contribution in [0, 0.1) is 0 Å². The molecule has 0 bridgehead atoms. The monoisotopic (exact) mass is 199 g/mol. The van der Waals surface area contributed by atoms with E-state index in [-0.39, 0.29) is 0 Å². The lowest BCUT2D eigenvalue weighted by molar-refractivity contribution is 1.31. The van der Waals surface area contributed by atoms with Gasteiger partial charge in [-0.2, -0.15) is 0 Å². The first-order valence-corrected chi connectivity index (χ1v) is 4.46. The molecule has 1 heterocycles. The minimum atomic E-state index is 0.553. The first-order chi connectivity index (χ1) is 7.27. The second kappa shape index (κ2) is 5.54. The van der Waals surface area contributed by atoms with Gasteiger partial charge in [-0.3, -0.25) is 9.98 Å². The van der Waals surface area contributed by atoms with Gasteiger partial charge in [-0.25, -0.2) is 0 Å². The smallest absolute Gasteiger partial charge is 0.0813 e. The molecule has 2 N–H and O–H groups in total. The van der Waals surface area contributed by atoms with Gasteiger partial charge < -0.3 is 5.73 Å². The summed E-state index contributed by atoms with van der Waals surface area (Å²) in [5, 5.41) is 0. The van der Waals surface area contributed by atoms with Gasteiger partial charge in [-0.15, -0.1) is 0 Å². The third-order valence-corrected chi connectivity index (χ3v) is 1.77. The highest BCUT2D eigenvalue weighted by atomic mass is 14.8. The van der Waals surface area contributed by atoms with E-state index in [1.807, 2.05) is 12.1 Å². The third-order valence-electron chi connectivity index (χ3n) is 1.77. The second-order valence-electron chi connectivity index (χ2n) is 2.79. The normalized spacial score (nSPS) is 12.3. The summed E-state index contributed by atoms with van der Waals surface area (Å²) in [6.45, 7) is 7.23. The summed E-state index contributed by atoms with van der Waals surface area (Å²) < 4.78 is 0. The van der Waals surface area contributed by atoms with E-state index in [9.17, 15) is 0 Å². The Labute approximate surface area is 89.4 Å². The molecule has 1 rings (SSSR count). The molecule has 0 aliphatic carbocycles. The molecule has 0 spiro atoms. The molecule has 15 heavy (non-hydrogen) atoms. The lowest BCUT2D eigenvalue weighted by Gasteiger charge is -1.97. The molecule has 3 heteroatoms. The summed E-state index contributed by atoms with van der Waals surface area (Å²) in [5.41, 5.74) is 7.74. The Hall–Kier alpha value is -2.16. The highest BCUT2D eigenvalue weighted by molar-refractivity contribution is 5.85. The molecular formula is C12H13N3. The minimum absolute atomic E-state index is 0.553. The summed E-state index contributed by atoms with van der Waals surface area (Å²) in [6, 6.07) is 3.68. The van der Waals surface area contributed by atoms with E-state index in [1.165, 1.54) is 0 Å². The first-order valence-electron chi connectivity index (χ1n) is 4.46. The van der Waals surface area contributed by atoms with Gasteiger partial charge >= 0.3 is 0 Å². The summed E-state index contributed by atoms with van der Waals surface area (Å²) in [4.78, 5) is 8.15. The molecule has 0 aliphatic heterocycles. The van der Waals surface area contributed by atoms with Gasteiger partial charge in [0.05, 0.1) is 11.9 Å². The van der Waals surface area contributed by atoms with E-state index in [1.54, 1.807) is 30.8 Å². The van der Waals surface area contributed by atoms with Gasteiger partial charge in [-0.05, 0) is 18.2 Å². The molecule has 0 unspecified atom stereocenters. The fourth-order valence-electron chi connectivity index (χ4n) is 0.937. The van der Waals surface area contributed by atoms with E-state index in [4.69, 9.17) is 5.73 Å². The molecule has 0 saturated heterocycles. The summed E-state index contributed by atoms with van der Waals surface area (Å²) in [5.74, 6) is 0. The first kappa shape index (κ1) is 10.9. The number of rotatable bonds is 4. The molecule has 1 aromatic heterocycles. The lowest BCUT2D eigenvalue weighted by Crippen LogP contribution is -1.98. The van der Waals surface area contributed by atoms with Crippen LogP contribution >= 0.6 is 0 Å². The zero-order valence-corrected chi connectivity index (χ0v) is 8.43. The molecule has 0 atom stereocenters. The quantitative estimate of drug-likeness (QED) is 0.597. The van der Waals surface area contributed by atoms with Gasteiger partial charge in [0, 0.05) is 23.7 Å². The van der Waals surface area contributed by atoms with Crippen LogP contribution in [0.4, 0.5) is 5.69 Å². The number of nitrogens with two attached hydrogens (primary N) is 1. The number of pyridine rings is 1. The second-order valence-corrected chi connectivity index (χ2v) is 2.79. The van der Waals surface area contributed by atoms with E-state index < -0.39 is 0 Å². The molecule has 1 aromatic rings. The predicted molar refractivity (Wildman–Crippen MR) is 64.0 cm³/mol. The van der Waals surface area contributed by atoms with Crippen LogP contribution in [0.15, 0.2) is 66.1 Å². The Bertz CT molecular complexity index is 402. The number of hydrogen-bond donors (Lipinski definition) is 1. The number of allylic oxidation sites excluding steroid dienone is 3. The molecular weight excluding hydrogens is 186 g/mol. The molecule has 76 valence electrons. The third kappa shape index (κ3) is 3.23. The molecule has 0 saturated carbocycles. The van der Waals surface area contributed by atoms with Crippen molar-refractivity contribution in [3.8, 4) is 0 Å². The topological polar surface area (TPSA) is 51.3 Å². The van der Waals surface area contributed by atoms with Gasteiger partial charge in [0.2, 0.25) is 0 Å². The fourth-order valence-corrected chi connectivity index (χ4v) is 0.937. The maximum absolute atomic E-state index is 5.68. The Morgan fingerprint density at radius 3 is 2.73 bits per heavy atom. The van der Waals surface area contributed by atoms with Gasteiger partial charge in [0.1, 0.15) is 0 Å². The van der Waals surface area contributed by atoms with E-state index in [0.717, 1.165) is 11.3 Å². The van der Waals surface area contributed by atoms with Crippen LogP contribution in [-0.2, 0) is 0 Å². The predicted octanol–water partition coefficient (Wildman–Crippen LogP) is 2.37. The molecule has 0 aliphatic rings. The summed E-state index contributed by atoms with van der Waals surface area (Å²) in [7, 11) is 0. The summed E-state index contributed by atoms with van der Waals surface area (Å²) in [6.07, 6.45) is 8.20. The van der Waals surface area contributed by atoms with Crippen LogP contribution in [0.3, 0.4) is 0 Å². The van der Waals surface area contributed by atoms with Crippen molar-refractivity contribution in [3.63, 3.8) is 0 Å². The van der Waals surface area contributed by atoms with Crippen molar-refractivity contribution in [2.45, 2.75) is 0 Å². The molecule has 0 fully saturated rings. The fraction of sp³-hybridized carbons (Fsp3) is 0. The van der Waals surface area contributed by atoms with Crippen molar-refractivity contribution in [2.75, 3.05) is 0 Å². The van der Waals surface area contributed by atoms with E-state index in [2.05, 4.69) is 23.1 Å². The zero-order valence-electron chi connectivity index (χ0n) is 8.43. The highest BCUT2D eigenvalue weighted by Crippen LogP contribution is 2.08. The van der Waals surface area contributed by atoms with Crippen LogP contribution in [-0.4, -0.2) is 11.2 Å². The van der Waals surface area contributed by atoms with Crippen LogP contribution in [0.25, 0.3) is 0 Å². The van der Waals surface area contributed by atoms with E-state index in [0.29, 0.717) is 5.70 Å². The summed E-state index contributed by atoms with van der Waals surface area (Å²) >= 11 is 0. The Morgan fingerprint density at radius 2 is 2.20 bits per heavy atom. The number of nitrogens with zero attached hydrogens (tertiary/aromatic N) is 2. The van der Waals surface area contributed by atoms with Gasteiger partial charge in [-0.1, -0.05) is 19.2 Å². The van der Waals surface area contributed by atoms with Crippen molar-refractivity contribution in [3.05, 3.63) is 61.1 Å². The standard InChI is InChI=1S/C12H13N3/c1-3-10(12(13)4-2)8-15-11-6-5-7-14-9-11/h3-9H,1-2,13H2. The Morgan fingerprint density at radius 1 is 1.40 bits per heavy atom. The van der Waals surface area contributed by atoms with Crippen LogP contribution in [0.2, 0.25) is 0 Å². The largest absolute Gasteiger partial charge is 0.398 e. The number of hydrogen-bond acceptors (Lipinski definition) is 3. The molecule has 0 radical (unpaired) electrons. The van der Waals surface area contributed by atoms with Crippen molar-refractivity contribution >= 4 is 11.9 Å². The maximum atomic E-state index is 5.68. The average Bonchev–Trinajstić information content (AvgIpc) is 2.31. The molecule has 3 nitrogen and oxygen atoms in total. The van der Waals surface area contributed by atoms with E-state index >= 15 is 0 Å². The Balaban J connectivity index is 2.90. The van der Waals surface area contributed by atoms with Crippen LogP contribution in [0.5, 0.6) is 0 Å². The lowest BCUT2D eigenvalue weighted by atomic mass is 10.2. The van der Waals surface area contributed by atoms with Crippen molar-refractivity contribution in [1.82, 2.24) is 4.98 Å². The molecule has 0 aromatic carbocycles. The average molecular weight is 199 g/mol.